The van der Waals surface area contributed by atoms with Crippen LogP contribution >= 0.6 is 11.3 Å². The Hall–Kier alpha value is -0.410. The quantitative estimate of drug-likeness (QED) is 0.528. The lowest BCUT2D eigenvalue weighted by Crippen LogP contribution is -2.28. The fraction of sp³-hybridized carbons (Fsp3) is 0.824. The summed E-state index contributed by atoms with van der Waals surface area (Å²) in [4.78, 5) is 5.91. The molecule has 0 amide bonds. The van der Waals surface area contributed by atoms with Crippen LogP contribution in [0.3, 0.4) is 0 Å². The molecule has 0 radical (unpaired) electrons. The van der Waals surface area contributed by atoms with Gasteiger partial charge in [0.25, 0.3) is 0 Å². The first-order valence-electron chi connectivity index (χ1n) is 8.47. The lowest BCUT2D eigenvalue weighted by molar-refractivity contribution is 0.417. The zero-order valence-electron chi connectivity index (χ0n) is 13.6. The van der Waals surface area contributed by atoms with Crippen molar-refractivity contribution in [2.45, 2.75) is 91.1 Å². The predicted molar refractivity (Wildman–Crippen MR) is 90.4 cm³/mol. The molecular weight excluding hydrogens is 264 g/mol. The Bertz CT molecular complexity index is 325. The summed E-state index contributed by atoms with van der Waals surface area (Å²) in [5.41, 5.74) is 0. The third-order valence-corrected chi connectivity index (χ3v) is 4.95. The Morgan fingerprint density at radius 2 is 1.70 bits per heavy atom. The zero-order chi connectivity index (χ0) is 14.6. The number of aryl methyl sites for hydroxylation is 1. The third kappa shape index (κ3) is 7.39. The number of unbranched alkanes of at least 4 members (excludes halogenated alkanes) is 4. The van der Waals surface area contributed by atoms with E-state index in [4.69, 9.17) is 0 Å². The van der Waals surface area contributed by atoms with Gasteiger partial charge in [-0.3, -0.25) is 0 Å². The van der Waals surface area contributed by atoms with Crippen LogP contribution in [0.2, 0.25) is 0 Å². The van der Waals surface area contributed by atoms with Crippen LogP contribution in [0.15, 0.2) is 6.20 Å². The number of nitrogens with zero attached hydrogens (tertiary/aromatic N) is 1. The SMILES string of the molecule is CCCCCC(CCCCC)NCc1ncc(CC)s1. The highest BCUT2D eigenvalue weighted by Gasteiger charge is 2.09. The molecule has 0 spiro atoms. The molecule has 0 aliphatic rings. The number of nitrogens with one attached hydrogen (secondary N) is 1. The minimum Gasteiger partial charge on any atom is -0.308 e. The van der Waals surface area contributed by atoms with Gasteiger partial charge in [0, 0.05) is 23.7 Å². The van der Waals surface area contributed by atoms with Gasteiger partial charge in [0.2, 0.25) is 0 Å². The highest BCUT2D eigenvalue weighted by molar-refractivity contribution is 7.11. The van der Waals surface area contributed by atoms with Gasteiger partial charge < -0.3 is 5.32 Å². The summed E-state index contributed by atoms with van der Waals surface area (Å²) < 4.78 is 0. The average molecular weight is 297 g/mol. The molecule has 2 nitrogen and oxygen atoms in total. The zero-order valence-corrected chi connectivity index (χ0v) is 14.4. The Labute approximate surface area is 129 Å². The Kier molecular flexibility index (Phi) is 9.94. The van der Waals surface area contributed by atoms with E-state index in [-0.39, 0.29) is 0 Å². The second-order valence-corrected chi connectivity index (χ2v) is 6.84. The number of thiazole rings is 1. The van der Waals surface area contributed by atoms with Crippen molar-refractivity contribution < 1.29 is 0 Å². The smallest absolute Gasteiger partial charge is 0.107 e. The molecule has 0 bridgehead atoms. The van der Waals surface area contributed by atoms with E-state index in [9.17, 15) is 0 Å². The molecule has 1 heterocycles. The van der Waals surface area contributed by atoms with E-state index in [1.807, 2.05) is 17.5 Å². The first-order valence-corrected chi connectivity index (χ1v) is 9.28. The Balaban J connectivity index is 2.33. The van der Waals surface area contributed by atoms with E-state index in [1.54, 1.807) is 0 Å². The van der Waals surface area contributed by atoms with Gasteiger partial charge in [-0.1, -0.05) is 59.3 Å². The highest BCUT2D eigenvalue weighted by Crippen LogP contribution is 2.15. The summed E-state index contributed by atoms with van der Waals surface area (Å²) in [5, 5.41) is 4.99. The lowest BCUT2D eigenvalue weighted by Gasteiger charge is -2.18. The second kappa shape index (κ2) is 11.3. The molecule has 20 heavy (non-hydrogen) atoms. The molecule has 0 saturated heterocycles. The summed E-state index contributed by atoms with van der Waals surface area (Å²) in [6.45, 7) is 7.71. The molecule has 116 valence electrons. The van der Waals surface area contributed by atoms with Gasteiger partial charge in [-0.25, -0.2) is 4.98 Å². The van der Waals surface area contributed by atoms with Crippen molar-refractivity contribution in [2.24, 2.45) is 0 Å². The van der Waals surface area contributed by atoms with E-state index in [0.717, 1.165) is 13.0 Å². The van der Waals surface area contributed by atoms with Crippen LogP contribution in [0.5, 0.6) is 0 Å². The van der Waals surface area contributed by atoms with Crippen LogP contribution in [0.25, 0.3) is 0 Å². The van der Waals surface area contributed by atoms with Gasteiger partial charge in [-0.2, -0.15) is 0 Å². The second-order valence-electron chi connectivity index (χ2n) is 5.64. The molecule has 0 atom stereocenters. The minimum absolute atomic E-state index is 0.682. The van der Waals surface area contributed by atoms with E-state index in [0.29, 0.717) is 6.04 Å². The molecule has 0 fully saturated rings. The largest absolute Gasteiger partial charge is 0.308 e. The van der Waals surface area contributed by atoms with Gasteiger partial charge >= 0.3 is 0 Å². The molecule has 0 aromatic carbocycles. The van der Waals surface area contributed by atoms with Gasteiger partial charge in [0.15, 0.2) is 0 Å². The maximum atomic E-state index is 4.51. The molecule has 0 aliphatic carbocycles. The van der Waals surface area contributed by atoms with E-state index >= 15 is 0 Å². The van der Waals surface area contributed by atoms with Crippen LogP contribution < -0.4 is 5.32 Å². The monoisotopic (exact) mass is 296 g/mol. The van der Waals surface area contributed by atoms with Crippen molar-refractivity contribution in [3.05, 3.63) is 16.1 Å². The van der Waals surface area contributed by atoms with Gasteiger partial charge in [0.1, 0.15) is 5.01 Å². The summed E-state index contributed by atoms with van der Waals surface area (Å²) in [6.07, 6.45) is 13.9. The average Bonchev–Trinajstić information content (AvgIpc) is 2.92. The summed E-state index contributed by atoms with van der Waals surface area (Å²) in [6, 6.07) is 0.682. The summed E-state index contributed by atoms with van der Waals surface area (Å²) >= 11 is 1.86. The van der Waals surface area contributed by atoms with Crippen LogP contribution in [-0.4, -0.2) is 11.0 Å². The van der Waals surface area contributed by atoms with E-state index < -0.39 is 0 Å². The van der Waals surface area contributed by atoms with Gasteiger partial charge in [0.05, 0.1) is 0 Å². The number of aromatic nitrogens is 1. The van der Waals surface area contributed by atoms with Crippen molar-refractivity contribution in [1.29, 1.82) is 0 Å². The lowest BCUT2D eigenvalue weighted by atomic mass is 10.0. The Morgan fingerprint density at radius 3 is 2.20 bits per heavy atom. The van der Waals surface area contributed by atoms with Crippen LogP contribution in [-0.2, 0) is 13.0 Å². The first-order chi connectivity index (χ1) is 9.80. The van der Waals surface area contributed by atoms with Gasteiger partial charge in [-0.05, 0) is 19.3 Å². The van der Waals surface area contributed by atoms with Crippen molar-refractivity contribution in [3.63, 3.8) is 0 Å². The summed E-state index contributed by atoms with van der Waals surface area (Å²) in [5.74, 6) is 0. The predicted octanol–water partition coefficient (Wildman–Crippen LogP) is 5.32. The van der Waals surface area contributed by atoms with E-state index in [2.05, 4.69) is 31.1 Å². The molecule has 3 heteroatoms. The highest BCUT2D eigenvalue weighted by atomic mass is 32.1. The number of hydrogen-bond acceptors (Lipinski definition) is 3. The fourth-order valence-electron chi connectivity index (χ4n) is 2.45. The maximum absolute atomic E-state index is 4.51. The normalized spacial score (nSPS) is 11.4. The molecule has 1 rings (SSSR count). The molecule has 1 N–H and O–H groups in total. The summed E-state index contributed by atoms with van der Waals surface area (Å²) in [7, 11) is 0. The van der Waals surface area contributed by atoms with Gasteiger partial charge in [-0.15, -0.1) is 11.3 Å². The van der Waals surface area contributed by atoms with Crippen molar-refractivity contribution >= 4 is 11.3 Å². The third-order valence-electron chi connectivity index (χ3n) is 3.80. The molecule has 0 aliphatic heterocycles. The molecular formula is C17H32N2S. The van der Waals surface area contributed by atoms with Crippen molar-refractivity contribution in [3.8, 4) is 0 Å². The van der Waals surface area contributed by atoms with Crippen molar-refractivity contribution in [1.82, 2.24) is 10.3 Å². The molecule has 1 aromatic rings. The van der Waals surface area contributed by atoms with E-state index in [1.165, 1.54) is 61.3 Å². The maximum Gasteiger partial charge on any atom is 0.107 e. The topological polar surface area (TPSA) is 24.9 Å². The van der Waals surface area contributed by atoms with Crippen molar-refractivity contribution in [2.75, 3.05) is 0 Å². The molecule has 0 saturated carbocycles. The Morgan fingerprint density at radius 1 is 1.05 bits per heavy atom. The van der Waals surface area contributed by atoms with Crippen LogP contribution in [0.4, 0.5) is 0 Å². The first kappa shape index (κ1) is 17.6. The molecule has 1 aromatic heterocycles. The molecule has 0 unspecified atom stereocenters. The standard InChI is InChI=1S/C17H32N2S/c1-4-7-9-11-15(12-10-8-5-2)18-14-17-19-13-16(6-3)20-17/h13,15,18H,4-12,14H2,1-3H3. The number of hydrogen-bond donors (Lipinski definition) is 1. The van der Waals surface area contributed by atoms with Crippen LogP contribution in [0.1, 0.15) is 82.0 Å². The van der Waals surface area contributed by atoms with Crippen LogP contribution in [0, 0.1) is 0 Å². The number of rotatable bonds is 12. The fourth-order valence-corrected chi connectivity index (χ4v) is 3.27. The minimum atomic E-state index is 0.682.